The molecule has 1 aliphatic heterocycles. The fourth-order valence-corrected chi connectivity index (χ4v) is 4.87. The fourth-order valence-electron chi connectivity index (χ4n) is 4.87. The van der Waals surface area contributed by atoms with Gasteiger partial charge < -0.3 is 10.0 Å². The molecule has 0 radical (unpaired) electrons. The van der Waals surface area contributed by atoms with Crippen LogP contribution in [0.15, 0.2) is 0 Å². The summed E-state index contributed by atoms with van der Waals surface area (Å²) >= 11 is 0. The molecule has 122 valence electrons. The normalized spacial score (nSPS) is 36.1. The monoisotopic (exact) mass is 294 g/mol. The van der Waals surface area contributed by atoms with Gasteiger partial charge in [0.05, 0.1) is 6.10 Å². The molecule has 0 aromatic rings. The highest BCUT2D eigenvalue weighted by Gasteiger charge is 2.38. The molecule has 2 aliphatic carbocycles. The van der Waals surface area contributed by atoms with E-state index in [1.807, 2.05) is 0 Å². The SMILES string of the molecule is CC1(C)CCCC(CN2CCN(C3CCCC3)CC2)C1O. The van der Waals surface area contributed by atoms with Gasteiger partial charge in [-0.1, -0.05) is 33.1 Å². The van der Waals surface area contributed by atoms with Gasteiger partial charge in [0.1, 0.15) is 0 Å². The Morgan fingerprint density at radius 2 is 1.62 bits per heavy atom. The fraction of sp³-hybridized carbons (Fsp3) is 1.00. The Morgan fingerprint density at radius 1 is 0.952 bits per heavy atom. The van der Waals surface area contributed by atoms with Gasteiger partial charge in [-0.2, -0.15) is 0 Å². The van der Waals surface area contributed by atoms with Crippen LogP contribution in [-0.4, -0.2) is 59.8 Å². The lowest BCUT2D eigenvalue weighted by Gasteiger charge is -2.44. The molecule has 1 N–H and O–H groups in total. The van der Waals surface area contributed by atoms with Gasteiger partial charge >= 0.3 is 0 Å². The summed E-state index contributed by atoms with van der Waals surface area (Å²) in [5.74, 6) is 0.492. The molecule has 0 spiro atoms. The molecule has 21 heavy (non-hydrogen) atoms. The van der Waals surface area contributed by atoms with Crippen molar-refractivity contribution in [1.82, 2.24) is 9.80 Å². The highest BCUT2D eigenvalue weighted by Crippen LogP contribution is 2.39. The number of rotatable bonds is 3. The molecular formula is C18H34N2O. The average Bonchev–Trinajstić information content (AvgIpc) is 2.99. The molecule has 0 bridgehead atoms. The first-order valence-corrected chi connectivity index (χ1v) is 9.21. The summed E-state index contributed by atoms with van der Waals surface area (Å²) < 4.78 is 0. The van der Waals surface area contributed by atoms with Crippen molar-refractivity contribution in [3.8, 4) is 0 Å². The Hall–Kier alpha value is -0.120. The van der Waals surface area contributed by atoms with Gasteiger partial charge in [-0.15, -0.1) is 0 Å². The van der Waals surface area contributed by atoms with E-state index in [0.717, 1.165) is 12.6 Å². The van der Waals surface area contributed by atoms with Crippen molar-refractivity contribution in [2.75, 3.05) is 32.7 Å². The summed E-state index contributed by atoms with van der Waals surface area (Å²) in [7, 11) is 0. The van der Waals surface area contributed by atoms with Gasteiger partial charge in [0, 0.05) is 38.8 Å². The summed E-state index contributed by atoms with van der Waals surface area (Å²) in [6.07, 6.45) is 9.30. The van der Waals surface area contributed by atoms with E-state index in [0.29, 0.717) is 5.92 Å². The Balaban J connectivity index is 1.46. The van der Waals surface area contributed by atoms with Crippen LogP contribution in [0.4, 0.5) is 0 Å². The molecule has 1 heterocycles. The molecule has 2 unspecified atom stereocenters. The minimum Gasteiger partial charge on any atom is -0.392 e. The van der Waals surface area contributed by atoms with Gasteiger partial charge in [0.15, 0.2) is 0 Å². The lowest BCUT2D eigenvalue weighted by atomic mass is 9.69. The summed E-state index contributed by atoms with van der Waals surface area (Å²) in [6.45, 7) is 10.5. The van der Waals surface area contributed by atoms with Crippen LogP contribution in [0.2, 0.25) is 0 Å². The van der Waals surface area contributed by atoms with Crippen molar-refractivity contribution in [3.05, 3.63) is 0 Å². The molecule has 0 amide bonds. The zero-order valence-electron chi connectivity index (χ0n) is 14.1. The number of aliphatic hydroxyl groups is 1. The third-order valence-electron chi connectivity index (χ3n) is 6.38. The minimum atomic E-state index is -0.112. The van der Waals surface area contributed by atoms with Crippen molar-refractivity contribution in [1.29, 1.82) is 0 Å². The number of piperazine rings is 1. The maximum Gasteiger partial charge on any atom is 0.0631 e. The first-order chi connectivity index (χ1) is 10.1. The topological polar surface area (TPSA) is 26.7 Å². The van der Waals surface area contributed by atoms with Crippen LogP contribution >= 0.6 is 0 Å². The number of hydrogen-bond acceptors (Lipinski definition) is 3. The maximum atomic E-state index is 10.6. The lowest BCUT2D eigenvalue weighted by Crippen LogP contribution is -2.52. The summed E-state index contributed by atoms with van der Waals surface area (Å²) in [5.41, 5.74) is 0.120. The first-order valence-electron chi connectivity index (χ1n) is 9.21. The zero-order valence-corrected chi connectivity index (χ0v) is 14.1. The molecule has 3 rings (SSSR count). The van der Waals surface area contributed by atoms with Crippen molar-refractivity contribution in [2.45, 2.75) is 70.9 Å². The van der Waals surface area contributed by atoms with Gasteiger partial charge in [0.2, 0.25) is 0 Å². The van der Waals surface area contributed by atoms with Crippen LogP contribution < -0.4 is 0 Å². The van der Waals surface area contributed by atoms with Crippen LogP contribution in [0.5, 0.6) is 0 Å². The summed E-state index contributed by atoms with van der Waals surface area (Å²) in [5, 5.41) is 10.6. The number of hydrogen-bond donors (Lipinski definition) is 1. The van der Waals surface area contributed by atoms with Crippen molar-refractivity contribution < 1.29 is 5.11 Å². The van der Waals surface area contributed by atoms with Crippen LogP contribution in [0.1, 0.15) is 58.8 Å². The van der Waals surface area contributed by atoms with E-state index in [1.165, 1.54) is 71.1 Å². The third-order valence-corrected chi connectivity index (χ3v) is 6.38. The second-order valence-corrected chi connectivity index (χ2v) is 8.36. The predicted octanol–water partition coefficient (Wildman–Crippen LogP) is 2.73. The molecule has 3 nitrogen and oxygen atoms in total. The summed E-state index contributed by atoms with van der Waals surface area (Å²) in [4.78, 5) is 5.34. The highest BCUT2D eigenvalue weighted by molar-refractivity contribution is 4.90. The lowest BCUT2D eigenvalue weighted by molar-refractivity contribution is -0.0476. The Labute approximate surface area is 130 Å². The molecule has 2 atom stereocenters. The maximum absolute atomic E-state index is 10.6. The van der Waals surface area contributed by atoms with Crippen LogP contribution in [0.3, 0.4) is 0 Å². The molecule has 1 saturated heterocycles. The molecule has 0 aromatic carbocycles. The van der Waals surface area contributed by atoms with Crippen molar-refractivity contribution in [3.63, 3.8) is 0 Å². The number of nitrogens with zero attached hydrogens (tertiary/aromatic N) is 2. The Kier molecular flexibility index (Phi) is 4.92. The minimum absolute atomic E-state index is 0.112. The second-order valence-electron chi connectivity index (χ2n) is 8.36. The van der Waals surface area contributed by atoms with E-state index in [-0.39, 0.29) is 11.5 Å². The van der Waals surface area contributed by atoms with Gasteiger partial charge in [-0.05, 0) is 37.0 Å². The Bertz CT molecular complexity index is 330. The molecule has 3 heteroatoms. The van der Waals surface area contributed by atoms with E-state index in [4.69, 9.17) is 0 Å². The average molecular weight is 294 g/mol. The van der Waals surface area contributed by atoms with E-state index < -0.39 is 0 Å². The molecule has 3 fully saturated rings. The smallest absolute Gasteiger partial charge is 0.0631 e. The van der Waals surface area contributed by atoms with E-state index in [9.17, 15) is 5.11 Å². The molecule has 2 saturated carbocycles. The number of aliphatic hydroxyl groups excluding tert-OH is 1. The summed E-state index contributed by atoms with van der Waals surface area (Å²) in [6, 6.07) is 0.881. The van der Waals surface area contributed by atoms with Gasteiger partial charge in [-0.3, -0.25) is 4.90 Å². The zero-order chi connectivity index (χ0) is 14.9. The van der Waals surface area contributed by atoms with Crippen LogP contribution in [0, 0.1) is 11.3 Å². The van der Waals surface area contributed by atoms with Gasteiger partial charge in [0.25, 0.3) is 0 Å². The molecular weight excluding hydrogens is 260 g/mol. The van der Waals surface area contributed by atoms with Crippen molar-refractivity contribution in [2.24, 2.45) is 11.3 Å². The third kappa shape index (κ3) is 3.62. The first kappa shape index (κ1) is 15.8. The van der Waals surface area contributed by atoms with E-state index in [1.54, 1.807) is 0 Å². The quantitative estimate of drug-likeness (QED) is 0.867. The second kappa shape index (κ2) is 6.55. The van der Waals surface area contributed by atoms with Crippen LogP contribution in [-0.2, 0) is 0 Å². The highest BCUT2D eigenvalue weighted by atomic mass is 16.3. The standard InChI is InChI=1S/C18H34N2O/c1-18(2)9-5-6-15(17(18)21)14-19-10-12-20(13-11-19)16-7-3-4-8-16/h15-17,21H,3-14H2,1-2H3. The predicted molar refractivity (Wildman–Crippen MR) is 87.4 cm³/mol. The largest absolute Gasteiger partial charge is 0.392 e. The van der Waals surface area contributed by atoms with E-state index >= 15 is 0 Å². The Morgan fingerprint density at radius 3 is 2.29 bits per heavy atom. The van der Waals surface area contributed by atoms with Gasteiger partial charge in [-0.25, -0.2) is 0 Å². The van der Waals surface area contributed by atoms with Crippen LogP contribution in [0.25, 0.3) is 0 Å². The molecule has 0 aromatic heterocycles. The van der Waals surface area contributed by atoms with E-state index in [2.05, 4.69) is 23.6 Å². The van der Waals surface area contributed by atoms with Crippen molar-refractivity contribution >= 4 is 0 Å². The molecule has 3 aliphatic rings.